The monoisotopic (exact) mass is 260 g/mol. The zero-order valence-electron chi connectivity index (χ0n) is 11.3. The number of benzene rings is 1. The quantitative estimate of drug-likeness (QED) is 0.730. The van der Waals surface area contributed by atoms with Gasteiger partial charge in [-0.1, -0.05) is 38.3 Å². The van der Waals surface area contributed by atoms with E-state index in [4.69, 9.17) is 10.00 Å². The van der Waals surface area contributed by atoms with Crippen molar-refractivity contribution >= 4 is 11.6 Å². The molecule has 0 fully saturated rings. The second-order valence-electron chi connectivity index (χ2n) is 4.32. The first-order valence-electron chi connectivity index (χ1n) is 6.64. The van der Waals surface area contributed by atoms with Crippen LogP contribution in [0.1, 0.15) is 38.2 Å². The third-order valence-corrected chi connectivity index (χ3v) is 2.70. The topological polar surface area (TPSA) is 62.1 Å². The number of unbranched alkanes of at least 4 members (excludes halogenated alkanes) is 3. The van der Waals surface area contributed by atoms with Crippen molar-refractivity contribution in [3.8, 4) is 6.07 Å². The third kappa shape index (κ3) is 6.03. The van der Waals surface area contributed by atoms with E-state index < -0.39 is 0 Å². The van der Waals surface area contributed by atoms with Crippen molar-refractivity contribution in [2.75, 3.05) is 18.5 Å². The minimum absolute atomic E-state index is 0.0336. The van der Waals surface area contributed by atoms with E-state index in [2.05, 4.69) is 12.2 Å². The van der Waals surface area contributed by atoms with Gasteiger partial charge in [-0.25, -0.2) is 0 Å². The minimum atomic E-state index is -0.224. The van der Waals surface area contributed by atoms with E-state index in [1.54, 1.807) is 24.3 Å². The van der Waals surface area contributed by atoms with Gasteiger partial charge in [-0.05, 0) is 18.6 Å². The highest BCUT2D eigenvalue weighted by atomic mass is 16.5. The largest absolute Gasteiger partial charge is 0.372 e. The van der Waals surface area contributed by atoms with Gasteiger partial charge in [0.15, 0.2) is 0 Å². The van der Waals surface area contributed by atoms with Gasteiger partial charge in [0.25, 0.3) is 0 Å². The fraction of sp³-hybridized carbons (Fsp3) is 0.467. The summed E-state index contributed by atoms with van der Waals surface area (Å²) in [7, 11) is 0. The molecule has 1 N–H and O–H groups in total. The maximum Gasteiger partial charge on any atom is 0.250 e. The molecular weight excluding hydrogens is 240 g/mol. The van der Waals surface area contributed by atoms with Crippen molar-refractivity contribution in [1.82, 2.24) is 0 Å². The molecule has 4 nitrogen and oxygen atoms in total. The van der Waals surface area contributed by atoms with Crippen molar-refractivity contribution in [3.63, 3.8) is 0 Å². The fourth-order valence-corrected chi connectivity index (χ4v) is 1.67. The van der Waals surface area contributed by atoms with Crippen molar-refractivity contribution in [2.45, 2.75) is 32.6 Å². The van der Waals surface area contributed by atoms with Crippen LogP contribution in [0.3, 0.4) is 0 Å². The van der Waals surface area contributed by atoms with Crippen LogP contribution in [0.5, 0.6) is 0 Å². The molecule has 0 aliphatic rings. The Hall–Kier alpha value is -1.86. The van der Waals surface area contributed by atoms with Gasteiger partial charge in [0.2, 0.25) is 5.91 Å². The van der Waals surface area contributed by atoms with Crippen LogP contribution < -0.4 is 5.32 Å². The molecule has 19 heavy (non-hydrogen) atoms. The van der Waals surface area contributed by atoms with E-state index in [9.17, 15) is 4.79 Å². The summed E-state index contributed by atoms with van der Waals surface area (Å²) in [6.45, 7) is 2.79. The Balaban J connectivity index is 2.26. The number of nitriles is 1. The maximum atomic E-state index is 11.6. The van der Waals surface area contributed by atoms with E-state index >= 15 is 0 Å². The molecule has 0 bridgehead atoms. The number of hydrogen-bond donors (Lipinski definition) is 1. The second kappa shape index (κ2) is 9.12. The molecule has 1 aromatic rings. The SMILES string of the molecule is CCCCCCOCC(=O)Nc1ccccc1C#N. The number of rotatable bonds is 8. The Morgan fingerprint density at radius 1 is 1.32 bits per heavy atom. The summed E-state index contributed by atoms with van der Waals surface area (Å²) in [6, 6.07) is 8.95. The highest BCUT2D eigenvalue weighted by molar-refractivity contribution is 5.92. The van der Waals surface area contributed by atoms with E-state index in [0.717, 1.165) is 12.8 Å². The molecule has 1 aromatic carbocycles. The summed E-state index contributed by atoms with van der Waals surface area (Å²) in [6.07, 6.45) is 4.50. The Kier molecular flexibility index (Phi) is 7.30. The van der Waals surface area contributed by atoms with Gasteiger partial charge in [-0.15, -0.1) is 0 Å². The average Bonchev–Trinajstić information content (AvgIpc) is 2.43. The first-order valence-corrected chi connectivity index (χ1v) is 6.64. The predicted molar refractivity (Wildman–Crippen MR) is 74.7 cm³/mol. The van der Waals surface area contributed by atoms with Gasteiger partial charge in [0, 0.05) is 6.61 Å². The van der Waals surface area contributed by atoms with Crippen molar-refractivity contribution in [3.05, 3.63) is 29.8 Å². The molecule has 1 rings (SSSR count). The molecule has 0 heterocycles. The Morgan fingerprint density at radius 2 is 2.11 bits per heavy atom. The van der Waals surface area contributed by atoms with Crippen LogP contribution in [0.2, 0.25) is 0 Å². The maximum absolute atomic E-state index is 11.6. The Morgan fingerprint density at radius 3 is 2.84 bits per heavy atom. The van der Waals surface area contributed by atoms with Crippen molar-refractivity contribution in [2.24, 2.45) is 0 Å². The highest BCUT2D eigenvalue weighted by Crippen LogP contribution is 2.13. The molecule has 0 radical (unpaired) electrons. The van der Waals surface area contributed by atoms with E-state index in [-0.39, 0.29) is 12.5 Å². The van der Waals surface area contributed by atoms with E-state index in [0.29, 0.717) is 17.9 Å². The first kappa shape index (κ1) is 15.2. The zero-order chi connectivity index (χ0) is 13.9. The molecular formula is C15H20N2O2. The summed E-state index contributed by atoms with van der Waals surface area (Å²) >= 11 is 0. The summed E-state index contributed by atoms with van der Waals surface area (Å²) < 4.78 is 5.29. The number of hydrogen-bond acceptors (Lipinski definition) is 3. The summed E-state index contributed by atoms with van der Waals surface area (Å²) in [5.74, 6) is -0.224. The van der Waals surface area contributed by atoms with Crippen LogP contribution in [0.4, 0.5) is 5.69 Å². The number of carbonyl (C=O) groups excluding carboxylic acids is 1. The van der Waals surface area contributed by atoms with Crippen LogP contribution in [-0.4, -0.2) is 19.1 Å². The number of amides is 1. The molecule has 4 heteroatoms. The van der Waals surface area contributed by atoms with Crippen molar-refractivity contribution in [1.29, 1.82) is 5.26 Å². The number of ether oxygens (including phenoxy) is 1. The van der Waals surface area contributed by atoms with Crippen LogP contribution in [0.15, 0.2) is 24.3 Å². The highest BCUT2D eigenvalue weighted by Gasteiger charge is 2.05. The van der Waals surface area contributed by atoms with Crippen molar-refractivity contribution < 1.29 is 9.53 Å². The lowest BCUT2D eigenvalue weighted by Crippen LogP contribution is -2.19. The number of anilines is 1. The standard InChI is InChI=1S/C15H20N2O2/c1-2-3-4-7-10-19-12-15(18)17-14-9-6-5-8-13(14)11-16/h5-6,8-9H,2-4,7,10,12H2,1H3,(H,17,18). The molecule has 0 atom stereocenters. The lowest BCUT2D eigenvalue weighted by molar-refractivity contribution is -0.120. The Labute approximate surface area is 114 Å². The molecule has 0 saturated heterocycles. The molecule has 0 unspecified atom stereocenters. The van der Waals surface area contributed by atoms with Crippen LogP contribution in [0.25, 0.3) is 0 Å². The van der Waals surface area contributed by atoms with Crippen LogP contribution in [-0.2, 0) is 9.53 Å². The van der Waals surface area contributed by atoms with Gasteiger partial charge >= 0.3 is 0 Å². The lowest BCUT2D eigenvalue weighted by atomic mass is 10.2. The third-order valence-electron chi connectivity index (χ3n) is 2.70. The van der Waals surface area contributed by atoms with Gasteiger partial charge in [0.1, 0.15) is 12.7 Å². The molecule has 102 valence electrons. The smallest absolute Gasteiger partial charge is 0.250 e. The zero-order valence-corrected chi connectivity index (χ0v) is 11.3. The van der Waals surface area contributed by atoms with Gasteiger partial charge in [0.05, 0.1) is 11.3 Å². The van der Waals surface area contributed by atoms with E-state index in [1.165, 1.54) is 12.8 Å². The second-order valence-corrected chi connectivity index (χ2v) is 4.32. The molecule has 0 aliphatic carbocycles. The predicted octanol–water partition coefficient (Wildman–Crippen LogP) is 3.09. The number of nitrogens with zero attached hydrogens (tertiary/aromatic N) is 1. The molecule has 0 spiro atoms. The first-order chi connectivity index (χ1) is 9.27. The lowest BCUT2D eigenvalue weighted by Gasteiger charge is -2.07. The number of para-hydroxylation sites is 1. The summed E-state index contributed by atoms with van der Waals surface area (Å²) in [5, 5.41) is 11.6. The normalized spacial score (nSPS) is 9.89. The Bertz CT molecular complexity index is 438. The van der Waals surface area contributed by atoms with Crippen LogP contribution in [0, 0.1) is 11.3 Å². The molecule has 0 aliphatic heterocycles. The molecule has 0 saturated carbocycles. The summed E-state index contributed by atoms with van der Waals surface area (Å²) in [5.41, 5.74) is 0.989. The fourth-order valence-electron chi connectivity index (χ4n) is 1.67. The van der Waals surface area contributed by atoms with Gasteiger partial charge < -0.3 is 10.1 Å². The van der Waals surface area contributed by atoms with Gasteiger partial charge in [-0.2, -0.15) is 5.26 Å². The molecule has 0 aromatic heterocycles. The number of nitrogens with one attached hydrogen (secondary N) is 1. The number of carbonyl (C=O) groups is 1. The minimum Gasteiger partial charge on any atom is -0.372 e. The molecule has 1 amide bonds. The average molecular weight is 260 g/mol. The van der Waals surface area contributed by atoms with E-state index in [1.807, 2.05) is 6.07 Å². The van der Waals surface area contributed by atoms with Crippen LogP contribution >= 0.6 is 0 Å². The van der Waals surface area contributed by atoms with Gasteiger partial charge in [-0.3, -0.25) is 4.79 Å². The summed E-state index contributed by atoms with van der Waals surface area (Å²) in [4.78, 5) is 11.6.